The number of fused-ring (bicyclic) bond motifs is 1. The number of halogens is 1. The first-order chi connectivity index (χ1) is 13.0. The van der Waals surface area contributed by atoms with E-state index >= 15 is 0 Å². The molecule has 1 aromatic rings. The van der Waals surface area contributed by atoms with Gasteiger partial charge in [0.25, 0.3) is 11.8 Å². The number of hydrogen-bond acceptors (Lipinski definition) is 6. The zero-order valence-electron chi connectivity index (χ0n) is 14.0. The number of thioether (sulfide) groups is 1. The highest BCUT2D eigenvalue weighted by Crippen LogP contribution is 2.44. The molecule has 1 N–H and O–H groups in total. The van der Waals surface area contributed by atoms with Crippen LogP contribution in [0.25, 0.3) is 5.57 Å². The molecule has 0 radical (unpaired) electrons. The van der Waals surface area contributed by atoms with E-state index < -0.39 is 24.3 Å². The lowest BCUT2D eigenvalue weighted by molar-refractivity contribution is -0.136. The Morgan fingerprint density at radius 2 is 2.04 bits per heavy atom. The van der Waals surface area contributed by atoms with Gasteiger partial charge in [-0.3, -0.25) is 19.3 Å². The SMILES string of the molecule is O=C(O)CN1C(=O)C(=C2SC(N3CCOCC3)=NC2=O)c2cc(Br)ccc21. The number of ether oxygens (including phenoxy) is 1. The minimum atomic E-state index is -1.13. The molecule has 1 saturated heterocycles. The summed E-state index contributed by atoms with van der Waals surface area (Å²) in [6.45, 7) is 1.90. The summed E-state index contributed by atoms with van der Waals surface area (Å²) in [7, 11) is 0. The van der Waals surface area contributed by atoms with E-state index in [0.29, 0.717) is 42.7 Å². The summed E-state index contributed by atoms with van der Waals surface area (Å²) in [5, 5.41) is 9.70. The van der Waals surface area contributed by atoms with Gasteiger partial charge in [0.05, 0.1) is 29.4 Å². The van der Waals surface area contributed by atoms with Gasteiger partial charge in [-0.2, -0.15) is 4.99 Å². The molecule has 3 aliphatic heterocycles. The van der Waals surface area contributed by atoms with Gasteiger partial charge in [0.2, 0.25) is 0 Å². The second-order valence-corrected chi connectivity index (χ2v) is 7.94. The molecule has 2 amide bonds. The van der Waals surface area contributed by atoms with Crippen molar-refractivity contribution in [1.29, 1.82) is 0 Å². The molecule has 27 heavy (non-hydrogen) atoms. The van der Waals surface area contributed by atoms with Crippen LogP contribution in [0, 0.1) is 0 Å². The molecule has 3 heterocycles. The van der Waals surface area contributed by atoms with E-state index in [2.05, 4.69) is 20.9 Å². The Hall–Kier alpha value is -2.17. The van der Waals surface area contributed by atoms with E-state index in [9.17, 15) is 14.4 Å². The first-order valence-corrected chi connectivity index (χ1v) is 9.78. The van der Waals surface area contributed by atoms with Crippen LogP contribution in [-0.2, 0) is 19.1 Å². The normalized spacial score (nSPS) is 22.3. The van der Waals surface area contributed by atoms with Crippen molar-refractivity contribution < 1.29 is 24.2 Å². The topological polar surface area (TPSA) is 99.5 Å². The Morgan fingerprint density at radius 3 is 2.74 bits per heavy atom. The molecule has 0 aromatic heterocycles. The molecule has 0 atom stereocenters. The summed E-state index contributed by atoms with van der Waals surface area (Å²) in [6, 6.07) is 5.12. The highest BCUT2D eigenvalue weighted by molar-refractivity contribution is 9.10. The van der Waals surface area contributed by atoms with Crippen LogP contribution < -0.4 is 4.90 Å². The first-order valence-electron chi connectivity index (χ1n) is 8.17. The van der Waals surface area contributed by atoms with Crippen molar-refractivity contribution in [3.63, 3.8) is 0 Å². The zero-order valence-corrected chi connectivity index (χ0v) is 16.4. The Kier molecular flexibility index (Phi) is 4.79. The Labute approximate surface area is 167 Å². The molecule has 0 bridgehead atoms. The number of anilines is 1. The number of aliphatic imine (C=N–C) groups is 1. The van der Waals surface area contributed by atoms with Gasteiger partial charge >= 0.3 is 5.97 Å². The fraction of sp³-hybridized carbons (Fsp3) is 0.294. The van der Waals surface area contributed by atoms with Gasteiger partial charge in [0.1, 0.15) is 6.54 Å². The van der Waals surface area contributed by atoms with Gasteiger partial charge in [-0.1, -0.05) is 15.9 Å². The molecule has 0 unspecified atom stereocenters. The Morgan fingerprint density at radius 1 is 1.30 bits per heavy atom. The van der Waals surface area contributed by atoms with Crippen LogP contribution in [0.15, 0.2) is 32.6 Å². The number of carboxylic acid groups (broad SMARTS) is 1. The largest absolute Gasteiger partial charge is 0.480 e. The summed E-state index contributed by atoms with van der Waals surface area (Å²) < 4.78 is 6.05. The van der Waals surface area contributed by atoms with Crippen molar-refractivity contribution in [1.82, 2.24) is 4.90 Å². The molecule has 140 valence electrons. The maximum Gasteiger partial charge on any atom is 0.323 e. The predicted molar refractivity (Wildman–Crippen MR) is 103 cm³/mol. The fourth-order valence-electron chi connectivity index (χ4n) is 3.16. The third kappa shape index (κ3) is 3.28. The van der Waals surface area contributed by atoms with Crippen molar-refractivity contribution >= 4 is 61.9 Å². The highest BCUT2D eigenvalue weighted by Gasteiger charge is 2.40. The molecule has 3 aliphatic rings. The van der Waals surface area contributed by atoms with Crippen molar-refractivity contribution in [2.24, 2.45) is 4.99 Å². The van der Waals surface area contributed by atoms with Crippen molar-refractivity contribution in [3.05, 3.63) is 33.1 Å². The van der Waals surface area contributed by atoms with E-state index in [-0.39, 0.29) is 10.5 Å². The van der Waals surface area contributed by atoms with Crippen LogP contribution in [0.2, 0.25) is 0 Å². The van der Waals surface area contributed by atoms with E-state index in [4.69, 9.17) is 9.84 Å². The molecule has 0 saturated carbocycles. The lowest BCUT2D eigenvalue weighted by Crippen LogP contribution is -2.38. The molecule has 1 aromatic carbocycles. The molecule has 4 rings (SSSR count). The number of amidine groups is 1. The van der Waals surface area contributed by atoms with Gasteiger partial charge in [0.15, 0.2) is 5.17 Å². The predicted octanol–water partition coefficient (Wildman–Crippen LogP) is 1.55. The summed E-state index contributed by atoms with van der Waals surface area (Å²) in [6.07, 6.45) is 0. The average molecular weight is 452 g/mol. The number of morpholine rings is 1. The molecule has 8 nitrogen and oxygen atoms in total. The van der Waals surface area contributed by atoms with Gasteiger partial charge in [-0.25, -0.2) is 0 Å². The number of carboxylic acids is 1. The minimum absolute atomic E-state index is 0.203. The second-order valence-electron chi connectivity index (χ2n) is 6.05. The van der Waals surface area contributed by atoms with E-state index in [0.717, 1.165) is 16.2 Å². The lowest BCUT2D eigenvalue weighted by Gasteiger charge is -2.27. The van der Waals surface area contributed by atoms with Crippen LogP contribution in [0.5, 0.6) is 0 Å². The molecule has 0 aliphatic carbocycles. The van der Waals surface area contributed by atoms with Gasteiger partial charge in [0, 0.05) is 23.1 Å². The van der Waals surface area contributed by atoms with Gasteiger partial charge in [-0.15, -0.1) is 0 Å². The van der Waals surface area contributed by atoms with E-state index in [1.807, 2.05) is 4.90 Å². The third-order valence-electron chi connectivity index (χ3n) is 4.36. The third-order valence-corrected chi connectivity index (χ3v) is 5.97. The fourth-order valence-corrected chi connectivity index (χ4v) is 4.57. The Bertz CT molecular complexity index is 923. The van der Waals surface area contributed by atoms with Crippen LogP contribution >= 0.6 is 27.7 Å². The molecular weight excluding hydrogens is 438 g/mol. The first kappa shape index (κ1) is 18.2. The standard InChI is InChI=1S/C17H14BrN3O5S/c18-9-1-2-11-10(7-9)13(16(25)21(11)8-12(22)23)14-15(24)19-17(27-14)20-3-5-26-6-4-20/h1-2,7H,3-6,8H2,(H,22,23). The number of carbonyl (C=O) groups is 3. The number of rotatable bonds is 2. The number of benzene rings is 1. The molecule has 1 fully saturated rings. The maximum atomic E-state index is 13.0. The smallest absolute Gasteiger partial charge is 0.323 e. The molecule has 0 spiro atoms. The number of hydrogen-bond donors (Lipinski definition) is 1. The lowest BCUT2D eigenvalue weighted by atomic mass is 10.1. The van der Waals surface area contributed by atoms with Gasteiger partial charge < -0.3 is 14.7 Å². The van der Waals surface area contributed by atoms with E-state index in [1.54, 1.807) is 18.2 Å². The van der Waals surface area contributed by atoms with Gasteiger partial charge in [-0.05, 0) is 30.0 Å². The van der Waals surface area contributed by atoms with Crippen LogP contribution in [0.1, 0.15) is 5.56 Å². The van der Waals surface area contributed by atoms with Crippen molar-refractivity contribution in [2.45, 2.75) is 0 Å². The molecular formula is C17H14BrN3O5S. The van der Waals surface area contributed by atoms with Crippen molar-refractivity contribution in [3.8, 4) is 0 Å². The monoisotopic (exact) mass is 451 g/mol. The second kappa shape index (κ2) is 7.10. The average Bonchev–Trinajstić information content (AvgIpc) is 3.13. The van der Waals surface area contributed by atoms with Crippen LogP contribution in [-0.4, -0.2) is 65.8 Å². The summed E-state index contributed by atoms with van der Waals surface area (Å²) in [5.41, 5.74) is 1.21. The van der Waals surface area contributed by atoms with Crippen LogP contribution in [0.4, 0.5) is 5.69 Å². The Balaban J connectivity index is 1.75. The minimum Gasteiger partial charge on any atom is -0.480 e. The van der Waals surface area contributed by atoms with E-state index in [1.165, 1.54) is 4.90 Å². The summed E-state index contributed by atoms with van der Waals surface area (Å²) in [5.74, 6) is -2.10. The zero-order chi connectivity index (χ0) is 19.1. The maximum absolute atomic E-state index is 13.0. The number of aliphatic carboxylic acids is 1. The quantitative estimate of drug-likeness (QED) is 0.680. The summed E-state index contributed by atoms with van der Waals surface area (Å²) in [4.78, 5) is 44.2. The van der Waals surface area contributed by atoms with Crippen LogP contribution in [0.3, 0.4) is 0 Å². The molecule has 10 heteroatoms. The number of nitrogens with zero attached hydrogens (tertiary/aromatic N) is 3. The number of amides is 2. The number of carbonyl (C=O) groups excluding carboxylic acids is 2. The highest BCUT2D eigenvalue weighted by atomic mass is 79.9. The summed E-state index contributed by atoms with van der Waals surface area (Å²) >= 11 is 4.53. The van der Waals surface area contributed by atoms with Crippen molar-refractivity contribution in [2.75, 3.05) is 37.7 Å².